The van der Waals surface area contributed by atoms with Crippen molar-refractivity contribution in [1.29, 1.82) is 0 Å². The van der Waals surface area contributed by atoms with E-state index in [1.807, 2.05) is 37.3 Å². The second-order valence-corrected chi connectivity index (χ2v) is 3.48. The van der Waals surface area contributed by atoms with Crippen LogP contribution in [0.4, 0.5) is 0 Å². The van der Waals surface area contributed by atoms with Crippen molar-refractivity contribution in [2.75, 3.05) is 13.2 Å². The maximum atomic E-state index is 9.17. The third kappa shape index (κ3) is 4.81. The van der Waals surface area contributed by atoms with Gasteiger partial charge < -0.3 is 14.6 Å². The zero-order chi connectivity index (χ0) is 11.1. The highest BCUT2D eigenvalue weighted by Crippen LogP contribution is 2.07. The molecule has 1 aromatic rings. The maximum absolute atomic E-state index is 9.17. The van der Waals surface area contributed by atoms with E-state index in [0.717, 1.165) is 5.75 Å². The fraction of sp³-hybridized carbons (Fsp3) is 0.500. The highest BCUT2D eigenvalue weighted by atomic mass is 16.5. The van der Waals surface area contributed by atoms with E-state index >= 15 is 0 Å². The number of hydrogen-bond acceptors (Lipinski definition) is 3. The maximum Gasteiger partial charge on any atom is 0.119 e. The second-order valence-electron chi connectivity index (χ2n) is 3.48. The Morgan fingerprint density at radius 3 is 2.40 bits per heavy atom. The van der Waals surface area contributed by atoms with Gasteiger partial charge in [0.1, 0.15) is 12.4 Å². The Morgan fingerprint density at radius 1 is 1.13 bits per heavy atom. The van der Waals surface area contributed by atoms with Crippen molar-refractivity contribution < 1.29 is 14.6 Å². The van der Waals surface area contributed by atoms with Crippen LogP contribution >= 0.6 is 0 Å². The van der Waals surface area contributed by atoms with Crippen LogP contribution in [0, 0.1) is 0 Å². The summed E-state index contributed by atoms with van der Waals surface area (Å²) in [7, 11) is 0. The first kappa shape index (κ1) is 12.0. The molecule has 0 aliphatic carbocycles. The van der Waals surface area contributed by atoms with Gasteiger partial charge in [-0.05, 0) is 26.0 Å². The SMILES string of the molecule is CC(O)C(C)OCCOc1ccccc1. The van der Waals surface area contributed by atoms with Crippen molar-refractivity contribution >= 4 is 0 Å². The minimum Gasteiger partial charge on any atom is -0.491 e. The summed E-state index contributed by atoms with van der Waals surface area (Å²) in [6.45, 7) is 4.54. The van der Waals surface area contributed by atoms with Gasteiger partial charge in [-0.1, -0.05) is 18.2 Å². The van der Waals surface area contributed by atoms with E-state index in [0.29, 0.717) is 13.2 Å². The molecular formula is C12H18O3. The molecule has 1 rings (SSSR count). The average molecular weight is 210 g/mol. The van der Waals surface area contributed by atoms with Crippen molar-refractivity contribution in [3.63, 3.8) is 0 Å². The van der Waals surface area contributed by atoms with Gasteiger partial charge in [-0.3, -0.25) is 0 Å². The number of aliphatic hydroxyl groups excluding tert-OH is 1. The molecule has 0 heterocycles. The highest BCUT2D eigenvalue weighted by molar-refractivity contribution is 5.20. The Morgan fingerprint density at radius 2 is 1.80 bits per heavy atom. The summed E-state index contributed by atoms with van der Waals surface area (Å²) < 4.78 is 10.8. The predicted octanol–water partition coefficient (Wildman–Crippen LogP) is 1.85. The minimum atomic E-state index is -0.443. The lowest BCUT2D eigenvalue weighted by Crippen LogP contribution is -2.24. The Balaban J connectivity index is 2.12. The molecule has 2 atom stereocenters. The van der Waals surface area contributed by atoms with Gasteiger partial charge >= 0.3 is 0 Å². The van der Waals surface area contributed by atoms with Crippen LogP contribution in [0.2, 0.25) is 0 Å². The van der Waals surface area contributed by atoms with Crippen molar-refractivity contribution in [3.05, 3.63) is 30.3 Å². The van der Waals surface area contributed by atoms with Crippen LogP contribution in [0.25, 0.3) is 0 Å². The summed E-state index contributed by atoms with van der Waals surface area (Å²) in [6.07, 6.45) is -0.592. The Bertz CT molecular complexity index is 259. The van der Waals surface area contributed by atoms with Gasteiger partial charge in [0, 0.05) is 0 Å². The molecule has 0 fully saturated rings. The summed E-state index contributed by atoms with van der Waals surface area (Å²) in [6, 6.07) is 9.60. The van der Waals surface area contributed by atoms with Crippen molar-refractivity contribution in [2.45, 2.75) is 26.1 Å². The lowest BCUT2D eigenvalue weighted by molar-refractivity contribution is -0.0271. The molecule has 1 N–H and O–H groups in total. The molecular weight excluding hydrogens is 192 g/mol. The van der Waals surface area contributed by atoms with Gasteiger partial charge in [0.15, 0.2) is 0 Å². The first-order chi connectivity index (χ1) is 7.20. The van der Waals surface area contributed by atoms with Crippen LogP contribution in [-0.2, 0) is 4.74 Å². The average Bonchev–Trinajstić information content (AvgIpc) is 2.25. The Labute approximate surface area is 90.6 Å². The molecule has 0 saturated heterocycles. The van der Waals surface area contributed by atoms with E-state index in [9.17, 15) is 5.11 Å². The van der Waals surface area contributed by atoms with Gasteiger partial charge in [0.25, 0.3) is 0 Å². The molecule has 0 bridgehead atoms. The quantitative estimate of drug-likeness (QED) is 0.728. The van der Waals surface area contributed by atoms with Crippen molar-refractivity contribution in [3.8, 4) is 5.75 Å². The van der Waals surface area contributed by atoms with Crippen molar-refractivity contribution in [1.82, 2.24) is 0 Å². The minimum absolute atomic E-state index is 0.149. The van der Waals surface area contributed by atoms with E-state index in [2.05, 4.69) is 0 Å². The van der Waals surface area contributed by atoms with E-state index in [1.54, 1.807) is 6.92 Å². The molecule has 0 aromatic heterocycles. The van der Waals surface area contributed by atoms with E-state index < -0.39 is 6.10 Å². The number of hydrogen-bond donors (Lipinski definition) is 1. The lowest BCUT2D eigenvalue weighted by Gasteiger charge is -2.15. The fourth-order valence-electron chi connectivity index (χ4n) is 1.05. The molecule has 15 heavy (non-hydrogen) atoms. The first-order valence-electron chi connectivity index (χ1n) is 5.17. The van der Waals surface area contributed by atoms with Crippen molar-refractivity contribution in [2.24, 2.45) is 0 Å². The summed E-state index contributed by atoms with van der Waals surface area (Å²) in [5.41, 5.74) is 0. The fourth-order valence-corrected chi connectivity index (χ4v) is 1.05. The summed E-state index contributed by atoms with van der Waals surface area (Å²) in [5, 5.41) is 9.17. The van der Waals surface area contributed by atoms with E-state index in [1.165, 1.54) is 0 Å². The number of para-hydroxylation sites is 1. The summed E-state index contributed by atoms with van der Waals surface area (Å²) >= 11 is 0. The van der Waals surface area contributed by atoms with Crippen LogP contribution in [-0.4, -0.2) is 30.5 Å². The molecule has 0 amide bonds. The molecule has 0 saturated carbocycles. The van der Waals surface area contributed by atoms with Gasteiger partial charge in [0.05, 0.1) is 18.8 Å². The first-order valence-corrected chi connectivity index (χ1v) is 5.17. The summed E-state index contributed by atoms with van der Waals surface area (Å²) in [5.74, 6) is 0.839. The standard InChI is InChI=1S/C12H18O3/c1-10(13)11(2)14-8-9-15-12-6-4-3-5-7-12/h3-7,10-11,13H,8-9H2,1-2H3. The molecule has 0 radical (unpaired) electrons. The van der Waals surface area contributed by atoms with Crippen LogP contribution < -0.4 is 4.74 Å². The monoisotopic (exact) mass is 210 g/mol. The third-order valence-corrected chi connectivity index (χ3v) is 2.16. The third-order valence-electron chi connectivity index (χ3n) is 2.16. The molecule has 0 spiro atoms. The number of rotatable bonds is 6. The number of benzene rings is 1. The Hall–Kier alpha value is -1.06. The van der Waals surface area contributed by atoms with E-state index in [4.69, 9.17) is 9.47 Å². The van der Waals surface area contributed by atoms with Crippen LogP contribution in [0.5, 0.6) is 5.75 Å². The topological polar surface area (TPSA) is 38.7 Å². The van der Waals surface area contributed by atoms with Crippen LogP contribution in [0.15, 0.2) is 30.3 Å². The Kier molecular flexibility index (Phi) is 5.15. The predicted molar refractivity (Wildman–Crippen MR) is 59.0 cm³/mol. The number of aliphatic hydroxyl groups is 1. The molecule has 0 aliphatic heterocycles. The van der Waals surface area contributed by atoms with Gasteiger partial charge in [-0.25, -0.2) is 0 Å². The molecule has 0 aliphatic rings. The second kappa shape index (κ2) is 6.43. The molecule has 1 aromatic carbocycles. The normalized spacial score (nSPS) is 14.6. The molecule has 84 valence electrons. The smallest absolute Gasteiger partial charge is 0.119 e. The van der Waals surface area contributed by atoms with Gasteiger partial charge in [-0.15, -0.1) is 0 Å². The lowest BCUT2D eigenvalue weighted by atomic mass is 10.3. The largest absolute Gasteiger partial charge is 0.491 e. The number of ether oxygens (including phenoxy) is 2. The summed E-state index contributed by atoms with van der Waals surface area (Å²) in [4.78, 5) is 0. The zero-order valence-corrected chi connectivity index (χ0v) is 9.22. The van der Waals surface area contributed by atoms with Gasteiger partial charge in [-0.2, -0.15) is 0 Å². The molecule has 2 unspecified atom stereocenters. The van der Waals surface area contributed by atoms with Crippen LogP contribution in [0.1, 0.15) is 13.8 Å². The molecule has 3 heteroatoms. The van der Waals surface area contributed by atoms with Gasteiger partial charge in [0.2, 0.25) is 0 Å². The van der Waals surface area contributed by atoms with E-state index in [-0.39, 0.29) is 6.10 Å². The zero-order valence-electron chi connectivity index (χ0n) is 9.22. The highest BCUT2D eigenvalue weighted by Gasteiger charge is 2.07. The van der Waals surface area contributed by atoms with Crippen LogP contribution in [0.3, 0.4) is 0 Å². The molecule has 3 nitrogen and oxygen atoms in total.